The fourth-order valence-corrected chi connectivity index (χ4v) is 4.24. The number of benzene rings is 1. The van der Waals surface area contributed by atoms with Crippen LogP contribution in [0.25, 0.3) is 0 Å². The molecule has 1 aromatic carbocycles. The van der Waals surface area contributed by atoms with E-state index in [-0.39, 0.29) is 11.5 Å². The first-order valence-electron chi connectivity index (χ1n) is 8.06. The van der Waals surface area contributed by atoms with Crippen molar-refractivity contribution in [2.24, 2.45) is 11.3 Å². The Balaban J connectivity index is 1.74. The van der Waals surface area contributed by atoms with Gasteiger partial charge in [-0.05, 0) is 25.8 Å². The third-order valence-corrected chi connectivity index (χ3v) is 5.37. The molecule has 1 aliphatic heterocycles. The molecule has 21 heavy (non-hydrogen) atoms. The van der Waals surface area contributed by atoms with E-state index in [9.17, 15) is 0 Å². The van der Waals surface area contributed by atoms with Crippen molar-refractivity contribution < 1.29 is 9.47 Å². The molecule has 1 aliphatic carbocycles. The van der Waals surface area contributed by atoms with Gasteiger partial charge in [0.2, 0.25) is 0 Å². The molecule has 1 aromatic rings. The van der Waals surface area contributed by atoms with Crippen molar-refractivity contribution in [2.45, 2.75) is 51.8 Å². The van der Waals surface area contributed by atoms with Crippen molar-refractivity contribution in [1.29, 1.82) is 0 Å². The number of methoxy groups -OCH3 is 1. The molecular formula is C18H27NO2. The maximum atomic E-state index is 5.99. The molecule has 1 N–H and O–H groups in total. The van der Waals surface area contributed by atoms with Crippen LogP contribution in [0.1, 0.15) is 45.2 Å². The van der Waals surface area contributed by atoms with E-state index < -0.39 is 0 Å². The second-order valence-electron chi connectivity index (χ2n) is 7.03. The normalized spacial score (nSPS) is 31.9. The molecule has 3 nitrogen and oxygen atoms in total. The summed E-state index contributed by atoms with van der Waals surface area (Å²) in [5.74, 6) is 1.62. The second kappa shape index (κ2) is 5.62. The van der Waals surface area contributed by atoms with Gasteiger partial charge in [0, 0.05) is 35.6 Å². The molecule has 2 fully saturated rings. The Morgan fingerprint density at radius 2 is 2.10 bits per heavy atom. The summed E-state index contributed by atoms with van der Waals surface area (Å²) in [6.45, 7) is 7.81. The number of fused-ring (bicyclic) bond motifs is 1. The third kappa shape index (κ3) is 2.47. The molecule has 0 radical (unpaired) electrons. The highest BCUT2D eigenvalue weighted by atomic mass is 16.5. The summed E-state index contributed by atoms with van der Waals surface area (Å²) in [6, 6.07) is 9.08. The lowest BCUT2D eigenvalue weighted by Crippen LogP contribution is -2.69. The largest absolute Gasteiger partial charge is 0.496 e. The van der Waals surface area contributed by atoms with Crippen LogP contribution in [0, 0.1) is 11.3 Å². The van der Waals surface area contributed by atoms with Gasteiger partial charge in [0.15, 0.2) is 0 Å². The SMILES string of the molecule is COc1ccccc1[C@@H](C)NC1C2CCCOC2C1(C)C. The van der Waals surface area contributed by atoms with Gasteiger partial charge >= 0.3 is 0 Å². The topological polar surface area (TPSA) is 30.5 Å². The van der Waals surface area contributed by atoms with E-state index in [2.05, 4.69) is 38.2 Å². The Morgan fingerprint density at radius 1 is 1.33 bits per heavy atom. The van der Waals surface area contributed by atoms with E-state index in [4.69, 9.17) is 9.47 Å². The highest BCUT2D eigenvalue weighted by Gasteiger charge is 2.57. The molecule has 116 valence electrons. The van der Waals surface area contributed by atoms with Crippen LogP contribution in [0.15, 0.2) is 24.3 Å². The van der Waals surface area contributed by atoms with E-state index in [1.807, 2.05) is 12.1 Å². The molecule has 1 heterocycles. The number of ether oxygens (including phenoxy) is 2. The number of hydrogen-bond acceptors (Lipinski definition) is 3. The molecule has 3 heteroatoms. The van der Waals surface area contributed by atoms with Crippen molar-refractivity contribution in [2.75, 3.05) is 13.7 Å². The Labute approximate surface area is 128 Å². The molecule has 3 unspecified atom stereocenters. The van der Waals surface area contributed by atoms with Crippen LogP contribution < -0.4 is 10.1 Å². The Kier molecular flexibility index (Phi) is 3.98. The Bertz CT molecular complexity index is 500. The monoisotopic (exact) mass is 289 g/mol. The van der Waals surface area contributed by atoms with Crippen molar-refractivity contribution in [1.82, 2.24) is 5.32 Å². The molecule has 0 aromatic heterocycles. The molecule has 1 saturated heterocycles. The lowest BCUT2D eigenvalue weighted by atomic mass is 9.55. The van der Waals surface area contributed by atoms with Gasteiger partial charge in [-0.15, -0.1) is 0 Å². The number of hydrogen-bond donors (Lipinski definition) is 1. The van der Waals surface area contributed by atoms with E-state index in [0.717, 1.165) is 12.4 Å². The number of para-hydroxylation sites is 1. The van der Waals surface area contributed by atoms with Crippen LogP contribution in [-0.2, 0) is 4.74 Å². The predicted molar refractivity (Wildman–Crippen MR) is 84.6 cm³/mol. The first kappa shape index (κ1) is 14.9. The van der Waals surface area contributed by atoms with Crippen LogP contribution in [0.3, 0.4) is 0 Å². The van der Waals surface area contributed by atoms with Crippen molar-refractivity contribution >= 4 is 0 Å². The molecule has 0 spiro atoms. The average molecular weight is 289 g/mol. The minimum atomic E-state index is 0.210. The van der Waals surface area contributed by atoms with E-state index in [1.54, 1.807) is 7.11 Å². The summed E-state index contributed by atoms with van der Waals surface area (Å²) in [6.07, 6.45) is 2.90. The third-order valence-electron chi connectivity index (χ3n) is 5.37. The summed E-state index contributed by atoms with van der Waals surface area (Å²) < 4.78 is 11.5. The van der Waals surface area contributed by atoms with Gasteiger partial charge in [0.25, 0.3) is 0 Å². The maximum absolute atomic E-state index is 5.99. The summed E-state index contributed by atoms with van der Waals surface area (Å²) in [7, 11) is 1.74. The summed E-state index contributed by atoms with van der Waals surface area (Å²) in [5, 5.41) is 3.84. The molecule has 1 saturated carbocycles. The van der Waals surface area contributed by atoms with Crippen LogP contribution in [0.2, 0.25) is 0 Å². The minimum Gasteiger partial charge on any atom is -0.496 e. The zero-order valence-electron chi connectivity index (χ0n) is 13.6. The Hall–Kier alpha value is -1.06. The van der Waals surface area contributed by atoms with Crippen molar-refractivity contribution in [3.05, 3.63) is 29.8 Å². The van der Waals surface area contributed by atoms with Crippen LogP contribution in [-0.4, -0.2) is 25.9 Å². The molecule has 2 aliphatic rings. The maximum Gasteiger partial charge on any atom is 0.123 e. The van der Waals surface area contributed by atoms with Gasteiger partial charge in [-0.3, -0.25) is 0 Å². The first-order chi connectivity index (χ1) is 10.1. The zero-order chi connectivity index (χ0) is 15.0. The van der Waals surface area contributed by atoms with Crippen LogP contribution in [0.5, 0.6) is 5.75 Å². The number of rotatable bonds is 4. The molecule has 0 amide bonds. The first-order valence-corrected chi connectivity index (χ1v) is 8.06. The van der Waals surface area contributed by atoms with E-state index in [0.29, 0.717) is 18.1 Å². The smallest absolute Gasteiger partial charge is 0.123 e. The molecular weight excluding hydrogens is 262 g/mol. The van der Waals surface area contributed by atoms with E-state index >= 15 is 0 Å². The van der Waals surface area contributed by atoms with Gasteiger partial charge in [0.1, 0.15) is 5.75 Å². The van der Waals surface area contributed by atoms with Gasteiger partial charge in [-0.1, -0.05) is 32.0 Å². The highest BCUT2D eigenvalue weighted by Crippen LogP contribution is 2.52. The summed E-state index contributed by atoms with van der Waals surface area (Å²) in [5.41, 5.74) is 1.44. The predicted octanol–water partition coefficient (Wildman–Crippen LogP) is 3.55. The minimum absolute atomic E-state index is 0.210. The molecule has 3 rings (SSSR count). The fraction of sp³-hybridized carbons (Fsp3) is 0.667. The van der Waals surface area contributed by atoms with Gasteiger partial charge in [-0.2, -0.15) is 0 Å². The standard InChI is InChI=1S/C18H27NO2/c1-12(13-8-5-6-10-15(13)20-4)19-16-14-9-7-11-21-17(14)18(16,2)3/h5-6,8,10,12,14,16-17,19H,7,9,11H2,1-4H3/t12-,14?,16?,17?/m1/s1. The van der Waals surface area contributed by atoms with E-state index in [1.165, 1.54) is 18.4 Å². The molecule has 0 bridgehead atoms. The van der Waals surface area contributed by atoms with Gasteiger partial charge in [-0.25, -0.2) is 0 Å². The quantitative estimate of drug-likeness (QED) is 0.919. The summed E-state index contributed by atoms with van der Waals surface area (Å²) in [4.78, 5) is 0. The fourth-order valence-electron chi connectivity index (χ4n) is 4.24. The summed E-state index contributed by atoms with van der Waals surface area (Å²) >= 11 is 0. The second-order valence-corrected chi connectivity index (χ2v) is 7.03. The lowest BCUT2D eigenvalue weighted by Gasteiger charge is -2.60. The Morgan fingerprint density at radius 3 is 2.86 bits per heavy atom. The van der Waals surface area contributed by atoms with Gasteiger partial charge in [0.05, 0.1) is 13.2 Å². The zero-order valence-corrected chi connectivity index (χ0v) is 13.6. The molecule has 4 atom stereocenters. The van der Waals surface area contributed by atoms with Crippen molar-refractivity contribution in [3.63, 3.8) is 0 Å². The van der Waals surface area contributed by atoms with Crippen LogP contribution in [0.4, 0.5) is 0 Å². The van der Waals surface area contributed by atoms with Crippen molar-refractivity contribution in [3.8, 4) is 5.75 Å². The lowest BCUT2D eigenvalue weighted by molar-refractivity contribution is -0.194. The number of nitrogens with one attached hydrogen (secondary N) is 1. The van der Waals surface area contributed by atoms with Gasteiger partial charge < -0.3 is 14.8 Å². The van der Waals surface area contributed by atoms with Crippen LogP contribution >= 0.6 is 0 Å². The highest BCUT2D eigenvalue weighted by molar-refractivity contribution is 5.35. The average Bonchev–Trinajstić information content (AvgIpc) is 2.52.